The average Bonchev–Trinajstić information content (AvgIpc) is 3.35. The highest BCUT2D eigenvalue weighted by Crippen LogP contribution is 2.40. The summed E-state index contributed by atoms with van der Waals surface area (Å²) in [6.45, 7) is 7.24. The second kappa shape index (κ2) is 8.80. The number of aromatic nitrogens is 2. The van der Waals surface area contributed by atoms with E-state index in [-0.39, 0.29) is 6.10 Å². The summed E-state index contributed by atoms with van der Waals surface area (Å²) in [5.74, 6) is -0.804. The van der Waals surface area contributed by atoms with E-state index in [1.165, 1.54) is 16.9 Å². The maximum absolute atomic E-state index is 10.6. The first-order valence-corrected chi connectivity index (χ1v) is 10.0. The van der Waals surface area contributed by atoms with Crippen molar-refractivity contribution < 1.29 is 32.3 Å². The Morgan fingerprint density at radius 2 is 2.14 bits per heavy atom. The summed E-state index contributed by atoms with van der Waals surface area (Å²) < 4.78 is 43.2. The van der Waals surface area contributed by atoms with E-state index in [1.54, 1.807) is 0 Å². The monoisotopic (exact) mass is 433 g/mol. The number of carboxylic acids is 1. The molecule has 2 aromatic heterocycles. The van der Waals surface area contributed by atoms with Crippen LogP contribution in [0.15, 0.2) is 16.0 Å². The number of hydrogen-bond donors (Lipinski definition) is 1. The second-order valence-corrected chi connectivity index (χ2v) is 8.19. The molecule has 2 aliphatic rings. The predicted octanol–water partition coefficient (Wildman–Crippen LogP) is 3.73. The van der Waals surface area contributed by atoms with Gasteiger partial charge in [-0.2, -0.15) is 18.2 Å². The van der Waals surface area contributed by atoms with Crippen LogP contribution in [0.5, 0.6) is 0 Å². The van der Waals surface area contributed by atoms with Gasteiger partial charge in [-0.05, 0) is 56.2 Å². The molecule has 2 saturated heterocycles. The minimum atomic E-state index is -5.08. The standard InChI is InChI=1S/C16H21N3O2S.C2HF3O2/c1-10-4-6-22-15(10)9-19-5-3-12-7-13(20-14(12)8-19)16-17-11(2)18-21-16;3-2(4,5)1(6)7/h4,6,12-14H,3,5,7-9H2,1-2H3;(H,6,7)/t12-,13+,14+;/m0./s1. The fraction of sp³-hybridized carbons (Fsp3) is 0.611. The van der Waals surface area contributed by atoms with Gasteiger partial charge in [-0.3, -0.25) is 4.90 Å². The summed E-state index contributed by atoms with van der Waals surface area (Å²) in [6, 6.07) is 2.20. The Morgan fingerprint density at radius 1 is 1.41 bits per heavy atom. The van der Waals surface area contributed by atoms with Crippen LogP contribution in [0.25, 0.3) is 0 Å². The van der Waals surface area contributed by atoms with Gasteiger partial charge in [-0.25, -0.2) is 4.79 Å². The SMILES string of the molecule is Cc1noc([C@H]2C[C@@H]3CCN(Cc4sccc4C)C[C@H]3O2)n1.O=C(O)C(F)(F)F. The Bertz CT molecular complexity index is 838. The molecule has 2 aromatic rings. The van der Waals surface area contributed by atoms with Crippen molar-refractivity contribution >= 4 is 17.3 Å². The second-order valence-electron chi connectivity index (χ2n) is 7.19. The Hall–Kier alpha value is -1.98. The number of fused-ring (bicyclic) bond motifs is 1. The molecular formula is C18H22F3N3O4S. The molecule has 4 heterocycles. The molecule has 2 fully saturated rings. The number of piperidine rings is 1. The van der Waals surface area contributed by atoms with Crippen LogP contribution in [0.3, 0.4) is 0 Å². The molecule has 0 saturated carbocycles. The van der Waals surface area contributed by atoms with Crippen LogP contribution in [-0.4, -0.2) is 51.5 Å². The number of aliphatic carboxylic acids is 1. The van der Waals surface area contributed by atoms with Gasteiger partial charge < -0.3 is 14.4 Å². The van der Waals surface area contributed by atoms with Crippen LogP contribution >= 0.6 is 11.3 Å². The minimum absolute atomic E-state index is 0.0142. The molecule has 11 heteroatoms. The number of carbonyl (C=O) groups is 1. The third kappa shape index (κ3) is 5.55. The highest BCUT2D eigenvalue weighted by molar-refractivity contribution is 7.10. The number of aryl methyl sites for hydroxylation is 2. The lowest BCUT2D eigenvalue weighted by Crippen LogP contribution is -2.41. The lowest BCUT2D eigenvalue weighted by Gasteiger charge is -2.33. The Kier molecular flexibility index (Phi) is 6.59. The normalized spacial score (nSPS) is 24.7. The van der Waals surface area contributed by atoms with Gasteiger partial charge in [0.2, 0.25) is 0 Å². The molecule has 0 radical (unpaired) electrons. The third-order valence-electron chi connectivity index (χ3n) is 5.03. The van der Waals surface area contributed by atoms with Gasteiger partial charge >= 0.3 is 12.1 Å². The van der Waals surface area contributed by atoms with E-state index in [0.29, 0.717) is 23.7 Å². The number of alkyl halides is 3. The van der Waals surface area contributed by atoms with Gasteiger partial charge in [0.15, 0.2) is 5.82 Å². The predicted molar refractivity (Wildman–Crippen MR) is 97.4 cm³/mol. The van der Waals surface area contributed by atoms with E-state index in [2.05, 4.69) is 33.4 Å². The molecule has 7 nitrogen and oxygen atoms in total. The van der Waals surface area contributed by atoms with Crippen molar-refractivity contribution in [3.63, 3.8) is 0 Å². The zero-order valence-corrected chi connectivity index (χ0v) is 16.8. The van der Waals surface area contributed by atoms with E-state index >= 15 is 0 Å². The summed E-state index contributed by atoms with van der Waals surface area (Å²) >= 11 is 1.85. The quantitative estimate of drug-likeness (QED) is 0.789. The maximum atomic E-state index is 10.6. The Balaban J connectivity index is 0.000000298. The first-order chi connectivity index (χ1) is 13.6. The number of ether oxygens (including phenoxy) is 1. The highest BCUT2D eigenvalue weighted by atomic mass is 32.1. The van der Waals surface area contributed by atoms with E-state index in [1.807, 2.05) is 18.3 Å². The van der Waals surface area contributed by atoms with E-state index in [0.717, 1.165) is 26.1 Å². The summed E-state index contributed by atoms with van der Waals surface area (Å²) in [5.41, 5.74) is 1.40. The molecule has 2 aliphatic heterocycles. The Morgan fingerprint density at radius 3 is 2.69 bits per heavy atom. The summed E-state index contributed by atoms with van der Waals surface area (Å²) in [6.07, 6.45) is -2.59. The number of likely N-dealkylation sites (tertiary alicyclic amines) is 1. The fourth-order valence-corrected chi connectivity index (χ4v) is 4.46. The summed E-state index contributed by atoms with van der Waals surface area (Å²) in [4.78, 5) is 17.2. The van der Waals surface area contributed by atoms with Crippen molar-refractivity contribution in [2.75, 3.05) is 13.1 Å². The Labute approximate surface area is 169 Å². The number of rotatable bonds is 3. The molecule has 0 bridgehead atoms. The zero-order valence-electron chi connectivity index (χ0n) is 16.0. The van der Waals surface area contributed by atoms with Crippen LogP contribution < -0.4 is 0 Å². The molecule has 4 rings (SSSR count). The van der Waals surface area contributed by atoms with Gasteiger partial charge in [0.1, 0.15) is 6.10 Å². The van der Waals surface area contributed by atoms with Crippen LogP contribution in [-0.2, 0) is 16.1 Å². The van der Waals surface area contributed by atoms with E-state index in [9.17, 15) is 13.2 Å². The smallest absolute Gasteiger partial charge is 0.475 e. The number of carboxylic acid groups (broad SMARTS) is 1. The number of halogens is 3. The number of thiophene rings is 1. The lowest BCUT2D eigenvalue weighted by atomic mass is 9.91. The first kappa shape index (κ1) is 21.7. The van der Waals surface area contributed by atoms with Gasteiger partial charge in [-0.15, -0.1) is 11.3 Å². The molecule has 0 spiro atoms. The van der Waals surface area contributed by atoms with Crippen LogP contribution in [0.2, 0.25) is 0 Å². The molecule has 0 aliphatic carbocycles. The molecule has 1 N–H and O–H groups in total. The molecule has 0 aromatic carbocycles. The molecule has 0 amide bonds. The fourth-order valence-electron chi connectivity index (χ4n) is 3.51. The zero-order chi connectivity index (χ0) is 21.2. The number of hydrogen-bond acceptors (Lipinski definition) is 7. The first-order valence-electron chi connectivity index (χ1n) is 9.14. The van der Waals surface area contributed by atoms with E-state index < -0.39 is 12.1 Å². The van der Waals surface area contributed by atoms with Gasteiger partial charge in [0.25, 0.3) is 5.89 Å². The lowest BCUT2D eigenvalue weighted by molar-refractivity contribution is -0.192. The van der Waals surface area contributed by atoms with Crippen LogP contribution in [0, 0.1) is 19.8 Å². The molecule has 0 unspecified atom stereocenters. The summed E-state index contributed by atoms with van der Waals surface area (Å²) in [5, 5.41) is 13.2. The minimum Gasteiger partial charge on any atom is -0.475 e. The van der Waals surface area contributed by atoms with Crippen molar-refractivity contribution in [2.45, 2.75) is 51.6 Å². The number of nitrogens with zero attached hydrogens (tertiary/aromatic N) is 3. The van der Waals surface area contributed by atoms with Crippen molar-refractivity contribution in [1.82, 2.24) is 15.0 Å². The molecule has 3 atom stereocenters. The van der Waals surface area contributed by atoms with Crippen molar-refractivity contribution in [1.29, 1.82) is 0 Å². The molecular weight excluding hydrogens is 411 g/mol. The van der Waals surface area contributed by atoms with Crippen LogP contribution in [0.4, 0.5) is 13.2 Å². The average molecular weight is 433 g/mol. The third-order valence-corrected chi connectivity index (χ3v) is 6.04. The van der Waals surface area contributed by atoms with Gasteiger partial charge in [-0.1, -0.05) is 5.16 Å². The van der Waals surface area contributed by atoms with Crippen molar-refractivity contribution in [3.8, 4) is 0 Å². The van der Waals surface area contributed by atoms with Crippen LogP contribution in [0.1, 0.15) is 41.1 Å². The maximum Gasteiger partial charge on any atom is 0.490 e. The molecule has 160 valence electrons. The van der Waals surface area contributed by atoms with Crippen molar-refractivity contribution in [3.05, 3.63) is 33.6 Å². The molecule has 29 heavy (non-hydrogen) atoms. The van der Waals surface area contributed by atoms with Crippen molar-refractivity contribution in [2.24, 2.45) is 5.92 Å². The largest absolute Gasteiger partial charge is 0.490 e. The van der Waals surface area contributed by atoms with Gasteiger partial charge in [0, 0.05) is 18.0 Å². The summed E-state index contributed by atoms with van der Waals surface area (Å²) in [7, 11) is 0. The highest BCUT2D eigenvalue weighted by Gasteiger charge is 2.41. The topological polar surface area (TPSA) is 88.7 Å². The van der Waals surface area contributed by atoms with E-state index in [4.69, 9.17) is 19.2 Å². The van der Waals surface area contributed by atoms with Gasteiger partial charge in [0.05, 0.1) is 6.10 Å².